The Morgan fingerprint density at radius 3 is 1.64 bits per heavy atom. The third-order valence-corrected chi connectivity index (χ3v) is 1.88. The Balaban J connectivity index is 2.05. The molecule has 0 saturated carbocycles. The first-order valence-electron chi connectivity index (χ1n) is 4.78. The molecule has 6 nitrogen and oxygen atoms in total. The Bertz CT molecular complexity index is 123. The number of rotatable bonds is 6. The molecule has 1 rings (SSSR count). The molecule has 0 spiro atoms. The standard InChI is InChI=1S/C8H18N2O4/c11-1-3-13-7-5-10-8(6-9-7)14-4-2-12/h7-12H,1-6H2. The average Bonchev–Trinajstić information content (AvgIpc) is 2.25. The van der Waals surface area contributed by atoms with Gasteiger partial charge in [-0.3, -0.25) is 10.6 Å². The summed E-state index contributed by atoms with van der Waals surface area (Å²) in [7, 11) is 0. The van der Waals surface area contributed by atoms with Gasteiger partial charge < -0.3 is 19.7 Å². The molecule has 0 bridgehead atoms. The van der Waals surface area contributed by atoms with Crippen molar-refractivity contribution in [1.29, 1.82) is 0 Å². The van der Waals surface area contributed by atoms with E-state index in [1.807, 2.05) is 0 Å². The van der Waals surface area contributed by atoms with Crippen LogP contribution in [0, 0.1) is 0 Å². The number of ether oxygens (including phenoxy) is 2. The van der Waals surface area contributed by atoms with Gasteiger partial charge in [0, 0.05) is 13.1 Å². The molecule has 4 N–H and O–H groups in total. The molecule has 0 aromatic heterocycles. The molecule has 14 heavy (non-hydrogen) atoms. The van der Waals surface area contributed by atoms with Crippen molar-refractivity contribution in [2.45, 2.75) is 12.5 Å². The summed E-state index contributed by atoms with van der Waals surface area (Å²) in [6.07, 6.45) is -0.146. The summed E-state index contributed by atoms with van der Waals surface area (Å²) >= 11 is 0. The minimum atomic E-state index is -0.0730. The van der Waals surface area contributed by atoms with Gasteiger partial charge in [0.15, 0.2) is 0 Å². The fourth-order valence-electron chi connectivity index (χ4n) is 1.25. The average molecular weight is 206 g/mol. The van der Waals surface area contributed by atoms with Gasteiger partial charge in [-0.05, 0) is 0 Å². The first-order chi connectivity index (χ1) is 6.86. The van der Waals surface area contributed by atoms with Crippen molar-refractivity contribution in [3.8, 4) is 0 Å². The monoisotopic (exact) mass is 206 g/mol. The van der Waals surface area contributed by atoms with Crippen LogP contribution in [-0.2, 0) is 9.47 Å². The summed E-state index contributed by atoms with van der Waals surface area (Å²) in [4.78, 5) is 0. The molecule has 1 aliphatic heterocycles. The fourth-order valence-corrected chi connectivity index (χ4v) is 1.25. The van der Waals surface area contributed by atoms with Gasteiger partial charge in [-0.25, -0.2) is 0 Å². The predicted molar refractivity (Wildman–Crippen MR) is 49.7 cm³/mol. The summed E-state index contributed by atoms with van der Waals surface area (Å²) in [6, 6.07) is 0. The van der Waals surface area contributed by atoms with E-state index in [-0.39, 0.29) is 25.7 Å². The lowest BCUT2D eigenvalue weighted by molar-refractivity contribution is -0.0556. The van der Waals surface area contributed by atoms with Crippen LogP contribution in [0.15, 0.2) is 0 Å². The maximum absolute atomic E-state index is 8.54. The lowest BCUT2D eigenvalue weighted by Crippen LogP contribution is -2.56. The normalized spacial score (nSPS) is 27.9. The molecule has 84 valence electrons. The molecule has 2 unspecified atom stereocenters. The van der Waals surface area contributed by atoms with E-state index in [4.69, 9.17) is 19.7 Å². The van der Waals surface area contributed by atoms with Crippen molar-refractivity contribution in [2.24, 2.45) is 0 Å². The predicted octanol–water partition coefficient (Wildman–Crippen LogP) is -2.15. The Kier molecular flexibility index (Phi) is 6.00. The van der Waals surface area contributed by atoms with Crippen LogP contribution in [0.4, 0.5) is 0 Å². The van der Waals surface area contributed by atoms with E-state index in [9.17, 15) is 0 Å². The topological polar surface area (TPSA) is 83.0 Å². The maximum Gasteiger partial charge on any atom is 0.121 e. The zero-order valence-electron chi connectivity index (χ0n) is 8.11. The van der Waals surface area contributed by atoms with E-state index >= 15 is 0 Å². The van der Waals surface area contributed by atoms with Gasteiger partial charge in [-0.1, -0.05) is 0 Å². The minimum Gasteiger partial charge on any atom is -0.394 e. The largest absolute Gasteiger partial charge is 0.394 e. The second kappa shape index (κ2) is 7.10. The summed E-state index contributed by atoms with van der Waals surface area (Å²) in [5.74, 6) is 0. The highest BCUT2D eigenvalue weighted by molar-refractivity contribution is 4.72. The van der Waals surface area contributed by atoms with Crippen LogP contribution < -0.4 is 10.6 Å². The van der Waals surface area contributed by atoms with E-state index in [0.717, 1.165) is 0 Å². The first-order valence-corrected chi connectivity index (χ1v) is 4.78. The number of hydrogen-bond acceptors (Lipinski definition) is 6. The van der Waals surface area contributed by atoms with Crippen LogP contribution >= 0.6 is 0 Å². The molecular weight excluding hydrogens is 188 g/mol. The molecule has 1 aliphatic rings. The molecular formula is C8H18N2O4. The molecule has 0 aromatic carbocycles. The van der Waals surface area contributed by atoms with Crippen LogP contribution in [0.3, 0.4) is 0 Å². The van der Waals surface area contributed by atoms with Crippen molar-refractivity contribution in [3.63, 3.8) is 0 Å². The number of piperazine rings is 1. The Morgan fingerprint density at radius 2 is 1.36 bits per heavy atom. The second-order valence-corrected chi connectivity index (χ2v) is 2.98. The zero-order chi connectivity index (χ0) is 10.2. The molecule has 0 radical (unpaired) electrons. The van der Waals surface area contributed by atoms with Crippen molar-refractivity contribution in [1.82, 2.24) is 10.6 Å². The van der Waals surface area contributed by atoms with E-state index < -0.39 is 0 Å². The van der Waals surface area contributed by atoms with E-state index in [2.05, 4.69) is 10.6 Å². The van der Waals surface area contributed by atoms with Gasteiger partial charge >= 0.3 is 0 Å². The van der Waals surface area contributed by atoms with Gasteiger partial charge in [0.2, 0.25) is 0 Å². The van der Waals surface area contributed by atoms with Crippen molar-refractivity contribution in [2.75, 3.05) is 39.5 Å². The number of nitrogens with one attached hydrogen (secondary N) is 2. The third-order valence-electron chi connectivity index (χ3n) is 1.88. The molecule has 2 atom stereocenters. The quantitative estimate of drug-likeness (QED) is 0.396. The van der Waals surface area contributed by atoms with Crippen molar-refractivity contribution >= 4 is 0 Å². The third kappa shape index (κ3) is 4.32. The van der Waals surface area contributed by atoms with Crippen molar-refractivity contribution in [3.05, 3.63) is 0 Å². The SMILES string of the molecule is OCCOC1CNC(OCCO)CN1. The lowest BCUT2D eigenvalue weighted by Gasteiger charge is -2.30. The highest BCUT2D eigenvalue weighted by Gasteiger charge is 2.19. The van der Waals surface area contributed by atoms with Crippen LogP contribution in [0.2, 0.25) is 0 Å². The Labute approximate surface area is 83.2 Å². The van der Waals surface area contributed by atoms with Gasteiger partial charge in [0.05, 0.1) is 26.4 Å². The number of hydrogen-bond donors (Lipinski definition) is 4. The van der Waals surface area contributed by atoms with Crippen LogP contribution in [-0.4, -0.2) is 62.2 Å². The zero-order valence-corrected chi connectivity index (χ0v) is 8.11. The molecule has 0 aliphatic carbocycles. The Hall–Kier alpha value is -0.240. The summed E-state index contributed by atoms with van der Waals surface area (Å²) in [6.45, 7) is 2.00. The summed E-state index contributed by atoms with van der Waals surface area (Å²) < 4.78 is 10.5. The van der Waals surface area contributed by atoms with E-state index in [0.29, 0.717) is 26.3 Å². The smallest absolute Gasteiger partial charge is 0.121 e. The number of aliphatic hydroxyl groups is 2. The maximum atomic E-state index is 8.54. The molecule has 1 heterocycles. The number of aliphatic hydroxyl groups excluding tert-OH is 2. The first kappa shape index (κ1) is 11.8. The molecule has 0 aromatic rings. The van der Waals surface area contributed by atoms with E-state index in [1.165, 1.54) is 0 Å². The van der Waals surface area contributed by atoms with Crippen LogP contribution in [0.25, 0.3) is 0 Å². The fraction of sp³-hybridized carbons (Fsp3) is 1.00. The highest BCUT2D eigenvalue weighted by atomic mass is 16.5. The van der Waals surface area contributed by atoms with Gasteiger partial charge in [-0.15, -0.1) is 0 Å². The lowest BCUT2D eigenvalue weighted by atomic mass is 10.4. The van der Waals surface area contributed by atoms with Gasteiger partial charge in [0.1, 0.15) is 12.5 Å². The molecule has 0 amide bonds. The van der Waals surface area contributed by atoms with Crippen molar-refractivity contribution < 1.29 is 19.7 Å². The summed E-state index contributed by atoms with van der Waals surface area (Å²) in [5, 5.41) is 23.3. The van der Waals surface area contributed by atoms with Crippen LogP contribution in [0.5, 0.6) is 0 Å². The Morgan fingerprint density at radius 1 is 0.929 bits per heavy atom. The summed E-state index contributed by atoms with van der Waals surface area (Å²) in [5.41, 5.74) is 0. The van der Waals surface area contributed by atoms with Gasteiger partial charge in [0.25, 0.3) is 0 Å². The van der Waals surface area contributed by atoms with Crippen LogP contribution in [0.1, 0.15) is 0 Å². The minimum absolute atomic E-state index is 0.0304. The van der Waals surface area contributed by atoms with E-state index in [1.54, 1.807) is 0 Å². The highest BCUT2D eigenvalue weighted by Crippen LogP contribution is 1.96. The second-order valence-electron chi connectivity index (χ2n) is 2.98. The molecule has 1 fully saturated rings. The van der Waals surface area contributed by atoms with Gasteiger partial charge in [-0.2, -0.15) is 0 Å². The molecule has 6 heteroatoms. The molecule has 1 saturated heterocycles.